The zero-order valence-electron chi connectivity index (χ0n) is 18.4. The van der Waals surface area contributed by atoms with Crippen molar-refractivity contribution in [3.8, 4) is 5.69 Å². The minimum Gasteiger partial charge on any atom is -0.396 e. The Balaban J connectivity index is 1.79. The normalized spacial score (nSPS) is 18.5. The molecule has 2 N–H and O–H groups in total. The van der Waals surface area contributed by atoms with Crippen molar-refractivity contribution in [1.29, 1.82) is 0 Å². The Bertz CT molecular complexity index is 1050. The van der Waals surface area contributed by atoms with Crippen molar-refractivity contribution in [1.82, 2.24) is 19.8 Å². The number of aryl methyl sites for hydroxylation is 2. The molecule has 31 heavy (non-hydrogen) atoms. The molecule has 2 atom stereocenters. The SMILES string of the molecule is CCc1ccc(-n2c(C)cc([C@@H]3[C@@H](c4ccccn4)NC(=S)N3CCCO)c2C)cc1. The zero-order chi connectivity index (χ0) is 22.0. The maximum atomic E-state index is 9.44. The third-order valence-electron chi connectivity index (χ3n) is 6.15. The topological polar surface area (TPSA) is 53.3 Å². The van der Waals surface area contributed by atoms with Crippen LogP contribution in [0.25, 0.3) is 5.69 Å². The summed E-state index contributed by atoms with van der Waals surface area (Å²) in [5.41, 5.74) is 7.10. The molecule has 0 aliphatic carbocycles. The first-order chi connectivity index (χ1) is 15.0. The van der Waals surface area contributed by atoms with E-state index < -0.39 is 0 Å². The second-order valence-electron chi connectivity index (χ2n) is 8.08. The third-order valence-corrected chi connectivity index (χ3v) is 6.50. The zero-order valence-corrected chi connectivity index (χ0v) is 19.2. The molecule has 2 aromatic heterocycles. The highest BCUT2D eigenvalue weighted by Crippen LogP contribution is 2.41. The van der Waals surface area contributed by atoms with E-state index in [4.69, 9.17) is 12.2 Å². The number of nitrogens with zero attached hydrogens (tertiary/aromatic N) is 3. The van der Waals surface area contributed by atoms with Crippen LogP contribution in [0.2, 0.25) is 0 Å². The summed E-state index contributed by atoms with van der Waals surface area (Å²) in [5.74, 6) is 0. The van der Waals surface area contributed by atoms with Gasteiger partial charge in [-0.15, -0.1) is 0 Å². The fourth-order valence-electron chi connectivity index (χ4n) is 4.59. The first kappa shape index (κ1) is 21.5. The highest BCUT2D eigenvalue weighted by molar-refractivity contribution is 7.80. The summed E-state index contributed by atoms with van der Waals surface area (Å²) in [7, 11) is 0. The van der Waals surface area contributed by atoms with E-state index in [2.05, 4.69) is 70.9 Å². The van der Waals surface area contributed by atoms with Gasteiger partial charge in [-0.05, 0) is 80.4 Å². The Morgan fingerprint density at radius 1 is 1.13 bits per heavy atom. The van der Waals surface area contributed by atoms with Gasteiger partial charge >= 0.3 is 0 Å². The summed E-state index contributed by atoms with van der Waals surface area (Å²) in [6.07, 6.45) is 3.53. The third kappa shape index (κ3) is 4.10. The van der Waals surface area contributed by atoms with Crippen LogP contribution in [-0.4, -0.2) is 37.8 Å². The predicted molar refractivity (Wildman–Crippen MR) is 128 cm³/mol. The molecule has 1 aliphatic heterocycles. The molecule has 6 heteroatoms. The van der Waals surface area contributed by atoms with Crippen molar-refractivity contribution in [3.63, 3.8) is 0 Å². The van der Waals surface area contributed by atoms with Gasteiger partial charge in [0.25, 0.3) is 0 Å². The van der Waals surface area contributed by atoms with Gasteiger partial charge in [-0.3, -0.25) is 4.98 Å². The lowest BCUT2D eigenvalue weighted by Crippen LogP contribution is -2.31. The molecule has 3 heterocycles. The molecule has 0 radical (unpaired) electrons. The van der Waals surface area contributed by atoms with Gasteiger partial charge in [-0.2, -0.15) is 0 Å². The Morgan fingerprint density at radius 3 is 2.55 bits per heavy atom. The minimum absolute atomic E-state index is 0.0174. The van der Waals surface area contributed by atoms with Crippen LogP contribution < -0.4 is 5.32 Å². The number of hydrogen-bond donors (Lipinski definition) is 2. The van der Waals surface area contributed by atoms with E-state index in [1.807, 2.05) is 24.4 Å². The first-order valence-electron chi connectivity index (χ1n) is 10.9. The number of aliphatic hydroxyl groups excluding tert-OH is 1. The molecular weight excluding hydrogens is 404 g/mol. The second-order valence-corrected chi connectivity index (χ2v) is 8.47. The van der Waals surface area contributed by atoms with Crippen LogP contribution in [0.4, 0.5) is 0 Å². The largest absolute Gasteiger partial charge is 0.396 e. The highest BCUT2D eigenvalue weighted by Gasteiger charge is 2.41. The lowest BCUT2D eigenvalue weighted by Gasteiger charge is -2.28. The van der Waals surface area contributed by atoms with E-state index in [1.54, 1.807) is 0 Å². The second kappa shape index (κ2) is 9.20. The molecule has 1 fully saturated rings. The van der Waals surface area contributed by atoms with Crippen molar-refractivity contribution >= 4 is 17.3 Å². The Kier molecular flexibility index (Phi) is 6.39. The molecule has 0 bridgehead atoms. The molecule has 162 valence electrons. The van der Waals surface area contributed by atoms with E-state index in [9.17, 15) is 5.11 Å². The van der Waals surface area contributed by atoms with Crippen molar-refractivity contribution in [3.05, 3.63) is 82.9 Å². The van der Waals surface area contributed by atoms with Crippen molar-refractivity contribution < 1.29 is 5.11 Å². The number of aliphatic hydroxyl groups is 1. The van der Waals surface area contributed by atoms with Gasteiger partial charge in [-0.25, -0.2) is 0 Å². The van der Waals surface area contributed by atoms with Crippen molar-refractivity contribution in [2.75, 3.05) is 13.2 Å². The van der Waals surface area contributed by atoms with E-state index in [0.29, 0.717) is 18.1 Å². The first-order valence-corrected chi connectivity index (χ1v) is 11.3. The number of rotatable bonds is 7. The van der Waals surface area contributed by atoms with Crippen LogP contribution >= 0.6 is 12.2 Å². The average molecular weight is 435 g/mol. The molecule has 0 amide bonds. The molecule has 1 aromatic carbocycles. The average Bonchev–Trinajstić information content (AvgIpc) is 3.27. The van der Waals surface area contributed by atoms with Gasteiger partial charge in [0.05, 0.1) is 17.8 Å². The molecule has 0 spiro atoms. The van der Waals surface area contributed by atoms with Gasteiger partial charge in [0.1, 0.15) is 0 Å². The summed E-state index contributed by atoms with van der Waals surface area (Å²) in [6, 6.07) is 17.0. The number of aromatic nitrogens is 2. The fourth-order valence-corrected chi connectivity index (χ4v) is 4.92. The van der Waals surface area contributed by atoms with Crippen LogP contribution in [0.1, 0.15) is 53.6 Å². The number of pyridine rings is 1. The standard InChI is InChI=1S/C25H30N4OS/c1-4-19-9-11-20(12-10-19)29-17(2)16-21(18(29)3)24-23(22-8-5-6-13-26-22)27-25(31)28(24)14-7-15-30/h5-6,8-13,16,23-24,30H,4,7,14-15H2,1-3H3,(H,27,31)/t23-,24-/m1/s1. The summed E-state index contributed by atoms with van der Waals surface area (Å²) >= 11 is 5.71. The summed E-state index contributed by atoms with van der Waals surface area (Å²) < 4.78 is 2.32. The Morgan fingerprint density at radius 2 is 1.90 bits per heavy atom. The summed E-state index contributed by atoms with van der Waals surface area (Å²) in [6.45, 7) is 7.35. The number of nitrogens with one attached hydrogen (secondary N) is 1. The Hall–Kier alpha value is -2.70. The smallest absolute Gasteiger partial charge is 0.170 e. The maximum absolute atomic E-state index is 9.44. The molecule has 0 saturated carbocycles. The lowest BCUT2D eigenvalue weighted by molar-refractivity contribution is 0.247. The quantitative estimate of drug-likeness (QED) is 0.540. The molecular formula is C25H30N4OS. The van der Waals surface area contributed by atoms with E-state index in [0.717, 1.165) is 12.1 Å². The van der Waals surface area contributed by atoms with Gasteiger partial charge in [0, 0.05) is 36.4 Å². The lowest BCUT2D eigenvalue weighted by atomic mass is 9.96. The Labute approximate surface area is 189 Å². The van der Waals surface area contributed by atoms with Crippen molar-refractivity contribution in [2.45, 2.75) is 45.7 Å². The summed E-state index contributed by atoms with van der Waals surface area (Å²) in [5, 5.41) is 13.6. The minimum atomic E-state index is -0.0381. The molecule has 1 aliphatic rings. The van der Waals surface area contributed by atoms with Crippen LogP contribution in [0.15, 0.2) is 54.7 Å². The maximum Gasteiger partial charge on any atom is 0.170 e. The molecule has 4 rings (SSSR count). The summed E-state index contributed by atoms with van der Waals surface area (Å²) in [4.78, 5) is 6.82. The van der Waals surface area contributed by atoms with Crippen LogP contribution in [0.5, 0.6) is 0 Å². The van der Waals surface area contributed by atoms with Crippen LogP contribution in [0.3, 0.4) is 0 Å². The van der Waals surface area contributed by atoms with Gasteiger partial charge in [-0.1, -0.05) is 25.1 Å². The van der Waals surface area contributed by atoms with Gasteiger partial charge in [0.2, 0.25) is 0 Å². The molecule has 3 aromatic rings. The monoisotopic (exact) mass is 434 g/mol. The predicted octanol–water partition coefficient (Wildman–Crippen LogP) is 4.41. The highest BCUT2D eigenvalue weighted by atomic mass is 32.1. The van der Waals surface area contributed by atoms with E-state index in [1.165, 1.54) is 28.2 Å². The molecule has 1 saturated heterocycles. The number of hydrogen-bond acceptors (Lipinski definition) is 3. The van der Waals surface area contributed by atoms with E-state index >= 15 is 0 Å². The number of benzene rings is 1. The van der Waals surface area contributed by atoms with E-state index in [-0.39, 0.29) is 18.7 Å². The molecule has 0 unspecified atom stereocenters. The fraction of sp³-hybridized carbons (Fsp3) is 0.360. The van der Waals surface area contributed by atoms with Gasteiger partial charge in [0.15, 0.2) is 5.11 Å². The van der Waals surface area contributed by atoms with Crippen LogP contribution in [0, 0.1) is 13.8 Å². The molecule has 5 nitrogen and oxygen atoms in total. The van der Waals surface area contributed by atoms with Gasteiger partial charge < -0.3 is 19.9 Å². The number of thiocarbonyl (C=S) groups is 1. The van der Waals surface area contributed by atoms with Crippen molar-refractivity contribution in [2.24, 2.45) is 0 Å². The van der Waals surface area contributed by atoms with Crippen LogP contribution in [-0.2, 0) is 6.42 Å².